The van der Waals surface area contributed by atoms with Crippen molar-refractivity contribution in [2.75, 3.05) is 26.8 Å². The molecule has 0 aliphatic carbocycles. The average molecular weight is 381 g/mol. The Morgan fingerprint density at radius 3 is 2.92 bits per heavy atom. The van der Waals surface area contributed by atoms with Gasteiger partial charge in [-0.25, -0.2) is 4.98 Å². The molecule has 0 saturated heterocycles. The van der Waals surface area contributed by atoms with Crippen molar-refractivity contribution in [2.45, 2.75) is 19.9 Å². The highest BCUT2D eigenvalue weighted by molar-refractivity contribution is 7.09. The highest BCUT2D eigenvalue weighted by Gasteiger charge is 2.16. The number of hydrogen-bond acceptors (Lipinski definition) is 5. The Hall–Kier alpha value is -1.99. The van der Waals surface area contributed by atoms with Crippen LogP contribution in [0.15, 0.2) is 22.5 Å². The molecular formula is C17H21ClN4O2S. The van der Waals surface area contributed by atoms with Crippen LogP contribution in [0.1, 0.15) is 16.3 Å². The summed E-state index contributed by atoms with van der Waals surface area (Å²) in [6.07, 6.45) is 0.862. The third-order valence-corrected chi connectivity index (χ3v) is 4.78. The average Bonchev–Trinajstić information content (AvgIpc) is 3.03. The molecule has 0 bridgehead atoms. The van der Waals surface area contributed by atoms with Gasteiger partial charge in [-0.2, -0.15) is 0 Å². The molecule has 3 rings (SSSR count). The van der Waals surface area contributed by atoms with Gasteiger partial charge in [0.2, 0.25) is 0 Å². The predicted octanol–water partition coefficient (Wildman–Crippen LogP) is 2.78. The minimum atomic E-state index is 0.527. The van der Waals surface area contributed by atoms with Crippen LogP contribution in [0.2, 0.25) is 5.02 Å². The molecule has 0 saturated carbocycles. The number of thiazole rings is 1. The van der Waals surface area contributed by atoms with Crippen LogP contribution in [0, 0.1) is 6.92 Å². The molecule has 1 aromatic carbocycles. The number of ether oxygens (including phenoxy) is 2. The topological polar surface area (TPSA) is 67.8 Å². The van der Waals surface area contributed by atoms with E-state index in [1.165, 1.54) is 0 Å². The number of nitrogens with zero attached hydrogens (tertiary/aromatic N) is 2. The summed E-state index contributed by atoms with van der Waals surface area (Å²) in [7, 11) is 1.75. The lowest BCUT2D eigenvalue weighted by Crippen LogP contribution is -2.37. The number of aryl methyl sites for hydroxylation is 1. The zero-order valence-corrected chi connectivity index (χ0v) is 15.8. The van der Waals surface area contributed by atoms with Gasteiger partial charge >= 0.3 is 0 Å². The van der Waals surface area contributed by atoms with Gasteiger partial charge in [-0.05, 0) is 24.6 Å². The fraction of sp³-hybridized carbons (Fsp3) is 0.412. The maximum Gasteiger partial charge on any atom is 0.191 e. The van der Waals surface area contributed by atoms with Gasteiger partial charge in [0.15, 0.2) is 17.5 Å². The van der Waals surface area contributed by atoms with Crippen molar-refractivity contribution < 1.29 is 9.47 Å². The number of aliphatic imine (C=N–C) groups is 1. The number of guanidine groups is 1. The summed E-state index contributed by atoms with van der Waals surface area (Å²) in [5.74, 6) is 2.05. The number of rotatable bonds is 5. The van der Waals surface area contributed by atoms with Crippen LogP contribution in [0.4, 0.5) is 0 Å². The van der Waals surface area contributed by atoms with Gasteiger partial charge in [0.25, 0.3) is 0 Å². The van der Waals surface area contributed by atoms with E-state index in [0.29, 0.717) is 36.3 Å². The van der Waals surface area contributed by atoms with Crippen LogP contribution < -0.4 is 20.1 Å². The molecule has 2 heterocycles. The van der Waals surface area contributed by atoms with Gasteiger partial charge < -0.3 is 20.1 Å². The Balaban J connectivity index is 1.52. The van der Waals surface area contributed by atoms with Gasteiger partial charge in [-0.3, -0.25) is 4.99 Å². The fourth-order valence-electron chi connectivity index (χ4n) is 2.50. The van der Waals surface area contributed by atoms with Crippen molar-refractivity contribution in [3.63, 3.8) is 0 Å². The van der Waals surface area contributed by atoms with E-state index in [-0.39, 0.29) is 0 Å². The largest absolute Gasteiger partial charge is 0.486 e. The molecule has 1 aromatic heterocycles. The Morgan fingerprint density at radius 1 is 1.32 bits per heavy atom. The maximum absolute atomic E-state index is 6.27. The second kappa shape index (κ2) is 8.40. The highest BCUT2D eigenvalue weighted by atomic mass is 35.5. The maximum atomic E-state index is 6.27. The van der Waals surface area contributed by atoms with Crippen LogP contribution in [0.25, 0.3) is 0 Å². The quantitative estimate of drug-likeness (QED) is 0.616. The summed E-state index contributed by atoms with van der Waals surface area (Å²) >= 11 is 7.94. The second-order valence-corrected chi connectivity index (χ2v) is 7.03. The van der Waals surface area contributed by atoms with Crippen LogP contribution in [-0.2, 0) is 13.0 Å². The summed E-state index contributed by atoms with van der Waals surface area (Å²) in [5, 5.41) is 10.3. The van der Waals surface area contributed by atoms with Gasteiger partial charge in [-0.15, -0.1) is 11.3 Å². The predicted molar refractivity (Wildman–Crippen MR) is 101 cm³/mol. The van der Waals surface area contributed by atoms with Crippen molar-refractivity contribution >= 4 is 28.9 Å². The Labute approximate surface area is 156 Å². The van der Waals surface area contributed by atoms with Gasteiger partial charge in [0.05, 0.1) is 15.7 Å². The minimum absolute atomic E-state index is 0.527. The summed E-state index contributed by atoms with van der Waals surface area (Å²) in [5.41, 5.74) is 2.11. The molecule has 0 amide bonds. The number of halogens is 1. The summed E-state index contributed by atoms with van der Waals surface area (Å²) in [4.78, 5) is 8.69. The second-order valence-electron chi connectivity index (χ2n) is 5.56. The lowest BCUT2D eigenvalue weighted by Gasteiger charge is -2.20. The monoisotopic (exact) mass is 380 g/mol. The summed E-state index contributed by atoms with van der Waals surface area (Å²) in [6.45, 7) is 4.44. The van der Waals surface area contributed by atoms with Crippen LogP contribution >= 0.6 is 22.9 Å². The van der Waals surface area contributed by atoms with Crippen molar-refractivity contribution in [3.8, 4) is 11.5 Å². The zero-order chi connectivity index (χ0) is 17.6. The molecule has 2 aromatic rings. The number of hydrogen-bond donors (Lipinski definition) is 2. The molecular weight excluding hydrogens is 360 g/mol. The summed E-state index contributed by atoms with van der Waals surface area (Å²) in [6, 6.07) is 3.83. The molecule has 8 heteroatoms. The first-order valence-corrected chi connectivity index (χ1v) is 9.35. The van der Waals surface area contributed by atoms with E-state index >= 15 is 0 Å². The van der Waals surface area contributed by atoms with Crippen LogP contribution in [0.5, 0.6) is 11.5 Å². The molecule has 6 nitrogen and oxygen atoms in total. The minimum Gasteiger partial charge on any atom is -0.486 e. The van der Waals surface area contributed by atoms with Crippen molar-refractivity contribution in [1.82, 2.24) is 15.6 Å². The molecule has 0 fully saturated rings. The van der Waals surface area contributed by atoms with Crippen LogP contribution in [-0.4, -0.2) is 37.7 Å². The lowest BCUT2D eigenvalue weighted by atomic mass is 10.2. The van der Waals surface area contributed by atoms with Gasteiger partial charge in [0, 0.05) is 31.9 Å². The molecule has 0 spiro atoms. The molecule has 1 aliphatic heterocycles. The van der Waals surface area contributed by atoms with E-state index < -0.39 is 0 Å². The molecule has 134 valence electrons. The SMILES string of the molecule is CN=C(NCCc1csc(C)n1)NCc1cc(Cl)c2c(c1)OCCO2. The summed E-state index contributed by atoms with van der Waals surface area (Å²) < 4.78 is 11.1. The Kier molecular flexibility index (Phi) is 5.99. The van der Waals surface area contributed by atoms with E-state index in [1.807, 2.05) is 19.1 Å². The third kappa shape index (κ3) is 4.76. The van der Waals surface area contributed by atoms with E-state index in [2.05, 4.69) is 26.0 Å². The van der Waals surface area contributed by atoms with Crippen molar-refractivity contribution in [3.05, 3.63) is 38.8 Å². The molecule has 25 heavy (non-hydrogen) atoms. The third-order valence-electron chi connectivity index (χ3n) is 3.68. The van der Waals surface area contributed by atoms with Gasteiger partial charge in [-0.1, -0.05) is 11.6 Å². The molecule has 0 atom stereocenters. The molecule has 0 unspecified atom stereocenters. The zero-order valence-electron chi connectivity index (χ0n) is 14.3. The number of aromatic nitrogens is 1. The van der Waals surface area contributed by atoms with Crippen molar-refractivity contribution in [2.24, 2.45) is 4.99 Å². The number of nitrogens with one attached hydrogen (secondary N) is 2. The van der Waals surface area contributed by atoms with Crippen molar-refractivity contribution in [1.29, 1.82) is 0 Å². The van der Waals surface area contributed by atoms with Crippen LogP contribution in [0.3, 0.4) is 0 Å². The molecule has 2 N–H and O–H groups in total. The lowest BCUT2D eigenvalue weighted by molar-refractivity contribution is 0.171. The number of benzene rings is 1. The first-order chi connectivity index (χ1) is 12.2. The molecule has 1 aliphatic rings. The normalized spacial score (nSPS) is 13.6. The first kappa shape index (κ1) is 17.8. The smallest absolute Gasteiger partial charge is 0.191 e. The van der Waals surface area contributed by atoms with E-state index in [0.717, 1.165) is 35.2 Å². The van der Waals surface area contributed by atoms with E-state index in [1.54, 1.807) is 18.4 Å². The van der Waals surface area contributed by atoms with E-state index in [4.69, 9.17) is 21.1 Å². The van der Waals surface area contributed by atoms with E-state index in [9.17, 15) is 0 Å². The first-order valence-electron chi connectivity index (χ1n) is 8.09. The highest BCUT2D eigenvalue weighted by Crippen LogP contribution is 2.38. The molecule has 0 radical (unpaired) electrons. The Morgan fingerprint density at radius 2 is 2.16 bits per heavy atom. The fourth-order valence-corrected chi connectivity index (χ4v) is 3.44. The van der Waals surface area contributed by atoms with Gasteiger partial charge in [0.1, 0.15) is 13.2 Å². The number of fused-ring (bicyclic) bond motifs is 1. The Bertz CT molecular complexity index is 763. The standard InChI is InChI=1S/C17H21ClN4O2S/c1-11-22-13(10-25-11)3-4-20-17(19-2)21-9-12-7-14(18)16-15(8-12)23-5-6-24-16/h7-8,10H,3-6,9H2,1-2H3,(H2,19,20,21).